The minimum Gasteiger partial charge on any atom is -0.375 e. The summed E-state index contributed by atoms with van der Waals surface area (Å²) in [6.45, 7) is 4.09. The summed E-state index contributed by atoms with van der Waals surface area (Å²) in [6.07, 6.45) is 1.78. The highest BCUT2D eigenvalue weighted by Crippen LogP contribution is 2.45. The van der Waals surface area contributed by atoms with Crippen LogP contribution in [-0.2, 0) is 9.53 Å². The second kappa shape index (κ2) is 11.4. The van der Waals surface area contributed by atoms with Crippen LogP contribution < -0.4 is 15.5 Å². The van der Waals surface area contributed by atoms with Crippen LogP contribution in [0.2, 0.25) is 10.0 Å². The fourth-order valence-corrected chi connectivity index (χ4v) is 5.90. The summed E-state index contributed by atoms with van der Waals surface area (Å²) in [5, 5.41) is 7.87. The SMILES string of the molecule is COCC(=O)Nc1ccc(N2C(=S)N[C@@H](c3ccccn3)[C@@H]2c2cc(C)n(-c3ccccc3Cl)c2C)cc1Cl. The number of nitrogens with zero attached hydrogens (tertiary/aromatic N) is 3. The first-order chi connectivity index (χ1) is 18.8. The number of aromatic nitrogens is 2. The maximum Gasteiger partial charge on any atom is 0.250 e. The number of thiocarbonyl (C=S) groups is 1. The number of hydrogen-bond donors (Lipinski definition) is 2. The van der Waals surface area contributed by atoms with E-state index in [4.69, 9.17) is 40.2 Å². The van der Waals surface area contributed by atoms with Crippen molar-refractivity contribution in [2.75, 3.05) is 23.9 Å². The zero-order valence-corrected chi connectivity index (χ0v) is 23.9. The van der Waals surface area contributed by atoms with Crippen molar-refractivity contribution < 1.29 is 9.53 Å². The van der Waals surface area contributed by atoms with Crippen LogP contribution >= 0.6 is 35.4 Å². The molecule has 0 bridgehead atoms. The molecule has 1 fully saturated rings. The van der Waals surface area contributed by atoms with Crippen LogP contribution in [0.5, 0.6) is 0 Å². The third-order valence-electron chi connectivity index (χ3n) is 6.76. The van der Waals surface area contributed by atoms with Crippen LogP contribution in [0.25, 0.3) is 5.69 Å². The van der Waals surface area contributed by atoms with Gasteiger partial charge >= 0.3 is 0 Å². The number of pyridine rings is 1. The number of carbonyl (C=O) groups is 1. The second-order valence-corrected chi connectivity index (χ2v) is 10.5. The van der Waals surface area contributed by atoms with Crippen molar-refractivity contribution in [3.63, 3.8) is 0 Å². The van der Waals surface area contributed by atoms with Gasteiger partial charge in [0.2, 0.25) is 5.91 Å². The Balaban J connectivity index is 1.62. The normalized spacial score (nSPS) is 16.8. The van der Waals surface area contributed by atoms with Gasteiger partial charge in [-0.1, -0.05) is 41.4 Å². The molecule has 1 aliphatic heterocycles. The maximum absolute atomic E-state index is 12.1. The summed E-state index contributed by atoms with van der Waals surface area (Å²) in [6, 6.07) is 20.8. The van der Waals surface area contributed by atoms with Crippen LogP contribution in [0.3, 0.4) is 0 Å². The molecular formula is C29H27Cl2N5O2S. The van der Waals surface area contributed by atoms with Gasteiger partial charge in [0.25, 0.3) is 0 Å². The number of aryl methyl sites for hydroxylation is 1. The largest absolute Gasteiger partial charge is 0.375 e. The minimum absolute atomic E-state index is 0.0624. The van der Waals surface area contributed by atoms with Crippen molar-refractivity contribution in [1.82, 2.24) is 14.9 Å². The zero-order valence-electron chi connectivity index (χ0n) is 21.6. The molecule has 1 amide bonds. The van der Waals surface area contributed by atoms with E-state index in [-0.39, 0.29) is 24.6 Å². The number of carbonyl (C=O) groups excluding carboxylic acids is 1. The van der Waals surface area contributed by atoms with Crippen LogP contribution in [-0.4, -0.2) is 34.3 Å². The van der Waals surface area contributed by atoms with Gasteiger partial charge in [0.1, 0.15) is 6.61 Å². The van der Waals surface area contributed by atoms with E-state index < -0.39 is 0 Å². The van der Waals surface area contributed by atoms with Crippen LogP contribution in [0, 0.1) is 13.8 Å². The van der Waals surface area contributed by atoms with Crippen molar-refractivity contribution in [2.45, 2.75) is 25.9 Å². The Morgan fingerprint density at radius 3 is 2.54 bits per heavy atom. The van der Waals surface area contributed by atoms with Gasteiger partial charge < -0.3 is 24.8 Å². The molecule has 4 aromatic rings. The summed E-state index contributed by atoms with van der Waals surface area (Å²) >= 11 is 19.1. The van der Waals surface area contributed by atoms with Crippen molar-refractivity contribution in [1.29, 1.82) is 0 Å². The number of nitrogens with one attached hydrogen (secondary N) is 2. The molecule has 39 heavy (non-hydrogen) atoms. The van der Waals surface area contributed by atoms with Crippen molar-refractivity contribution in [2.24, 2.45) is 0 Å². The molecule has 0 saturated carbocycles. The zero-order chi connectivity index (χ0) is 27.7. The lowest BCUT2D eigenvalue weighted by atomic mass is 9.96. The lowest BCUT2D eigenvalue weighted by Crippen LogP contribution is -2.29. The number of para-hydroxylation sites is 1. The first-order valence-electron chi connectivity index (χ1n) is 12.3. The Labute approximate surface area is 242 Å². The van der Waals surface area contributed by atoms with Crippen molar-refractivity contribution >= 4 is 57.8 Å². The lowest BCUT2D eigenvalue weighted by Gasteiger charge is -2.28. The van der Waals surface area contributed by atoms with E-state index in [0.717, 1.165) is 34.0 Å². The van der Waals surface area contributed by atoms with Crippen molar-refractivity contribution in [3.05, 3.63) is 106 Å². The van der Waals surface area contributed by atoms with Crippen LogP contribution in [0.15, 0.2) is 72.9 Å². The maximum atomic E-state index is 12.1. The number of benzene rings is 2. The highest BCUT2D eigenvalue weighted by atomic mass is 35.5. The molecule has 0 spiro atoms. The van der Waals surface area contributed by atoms with Gasteiger partial charge in [-0.25, -0.2) is 0 Å². The molecule has 3 heterocycles. The predicted octanol–water partition coefficient (Wildman–Crippen LogP) is 6.56. The molecule has 0 radical (unpaired) electrons. The lowest BCUT2D eigenvalue weighted by molar-refractivity contribution is -0.119. The molecule has 1 aliphatic rings. The average molecular weight is 581 g/mol. The predicted molar refractivity (Wildman–Crippen MR) is 160 cm³/mol. The van der Waals surface area contributed by atoms with Crippen molar-refractivity contribution in [3.8, 4) is 5.69 Å². The Bertz CT molecular complexity index is 1540. The highest BCUT2D eigenvalue weighted by Gasteiger charge is 2.42. The number of anilines is 2. The Kier molecular flexibility index (Phi) is 7.91. The smallest absolute Gasteiger partial charge is 0.250 e. The molecule has 10 heteroatoms. The summed E-state index contributed by atoms with van der Waals surface area (Å²) in [4.78, 5) is 18.8. The quantitative estimate of drug-likeness (QED) is 0.242. The first kappa shape index (κ1) is 27.1. The standard InChI is InChI=1S/C29H27Cl2N5O2S/c1-17-14-20(18(2)35(17)25-10-5-4-8-21(25)30)28-27(24-9-6-7-13-32-24)34-29(39)36(28)19-11-12-23(22(31)15-19)33-26(37)16-38-3/h4-15,27-28H,16H2,1-3H3,(H,33,37)(H,34,39)/t27-,28-/m0/s1. The van der Waals surface area contributed by atoms with Gasteiger partial charge in [0, 0.05) is 30.4 Å². The molecule has 1 saturated heterocycles. The van der Waals surface area contributed by atoms with E-state index in [1.807, 2.05) is 48.5 Å². The molecule has 0 aliphatic carbocycles. The summed E-state index contributed by atoms with van der Waals surface area (Å²) in [7, 11) is 1.46. The molecule has 0 unspecified atom stereocenters. The average Bonchev–Trinajstić information content (AvgIpc) is 3.41. The van der Waals surface area contributed by atoms with E-state index in [1.54, 1.807) is 18.3 Å². The number of methoxy groups -OCH3 is 1. The first-order valence-corrected chi connectivity index (χ1v) is 13.5. The fraction of sp³-hybridized carbons (Fsp3) is 0.207. The third kappa shape index (κ3) is 5.25. The Morgan fingerprint density at radius 2 is 1.85 bits per heavy atom. The summed E-state index contributed by atoms with van der Waals surface area (Å²) < 4.78 is 7.07. The molecule has 5 rings (SSSR count). The van der Waals surface area contributed by atoms with Gasteiger partial charge in [0.15, 0.2) is 5.11 Å². The molecule has 2 atom stereocenters. The number of ether oxygens (including phenoxy) is 1. The number of halogens is 2. The van der Waals surface area contributed by atoms with Crippen LogP contribution in [0.1, 0.15) is 34.7 Å². The Morgan fingerprint density at radius 1 is 1.08 bits per heavy atom. The Hall–Kier alpha value is -3.43. The molecule has 2 aromatic heterocycles. The van der Waals surface area contributed by atoms with E-state index >= 15 is 0 Å². The highest BCUT2D eigenvalue weighted by molar-refractivity contribution is 7.80. The van der Waals surface area contributed by atoms with E-state index in [2.05, 4.69) is 45.0 Å². The van der Waals surface area contributed by atoms with E-state index in [0.29, 0.717) is 20.8 Å². The topological polar surface area (TPSA) is 71.4 Å². The van der Waals surface area contributed by atoms with E-state index in [1.165, 1.54) is 7.11 Å². The third-order valence-corrected chi connectivity index (χ3v) is 7.71. The minimum atomic E-state index is -0.286. The molecule has 2 N–H and O–H groups in total. The second-order valence-electron chi connectivity index (χ2n) is 9.26. The molecular weight excluding hydrogens is 553 g/mol. The van der Waals surface area contributed by atoms with E-state index in [9.17, 15) is 4.79 Å². The number of hydrogen-bond acceptors (Lipinski definition) is 4. The number of amides is 1. The fourth-order valence-electron chi connectivity index (χ4n) is 5.11. The monoisotopic (exact) mass is 579 g/mol. The number of rotatable bonds is 7. The molecule has 7 nitrogen and oxygen atoms in total. The van der Waals surface area contributed by atoms with Gasteiger partial charge in [-0.2, -0.15) is 0 Å². The van der Waals surface area contributed by atoms with Gasteiger partial charge in [-0.05, 0) is 80.2 Å². The van der Waals surface area contributed by atoms with Gasteiger partial charge in [0.05, 0.1) is 39.2 Å². The summed E-state index contributed by atoms with van der Waals surface area (Å²) in [5.74, 6) is -0.286. The molecule has 200 valence electrons. The van der Waals surface area contributed by atoms with Gasteiger partial charge in [-0.3, -0.25) is 9.78 Å². The molecule has 2 aromatic carbocycles. The van der Waals surface area contributed by atoms with Crippen LogP contribution in [0.4, 0.5) is 11.4 Å². The van der Waals surface area contributed by atoms with Gasteiger partial charge in [-0.15, -0.1) is 0 Å². The summed E-state index contributed by atoms with van der Waals surface area (Å²) in [5.41, 5.74) is 6.21.